The quantitative estimate of drug-likeness (QED) is 0.202. The van der Waals surface area contributed by atoms with Crippen molar-refractivity contribution in [2.24, 2.45) is 0 Å². The lowest BCUT2D eigenvalue weighted by molar-refractivity contribution is 0.0699. The molecule has 1 N–H and O–H groups in total. The van der Waals surface area contributed by atoms with Crippen molar-refractivity contribution in [3.63, 3.8) is 0 Å². The molecule has 11 heteroatoms. The van der Waals surface area contributed by atoms with Crippen molar-refractivity contribution in [1.29, 1.82) is 5.26 Å². The van der Waals surface area contributed by atoms with Crippen molar-refractivity contribution in [2.75, 3.05) is 6.61 Å². The topological polar surface area (TPSA) is 131 Å². The fourth-order valence-electron chi connectivity index (χ4n) is 5.37. The van der Waals surface area contributed by atoms with Crippen molar-refractivity contribution in [1.82, 2.24) is 19.5 Å². The number of hydrogen-bond acceptors (Lipinski definition) is 8. The molecule has 218 valence electrons. The van der Waals surface area contributed by atoms with Crippen LogP contribution in [0, 0.1) is 32.1 Å². The number of aryl methyl sites for hydroxylation is 3. The van der Waals surface area contributed by atoms with E-state index in [1.165, 1.54) is 22.1 Å². The number of aromatic nitrogens is 4. The predicted octanol–water partition coefficient (Wildman–Crippen LogP) is 6.96. The number of carboxylic acid groups (broad SMARTS) is 1. The molecule has 0 radical (unpaired) electrons. The SMILES string of the molecule is Cc1cc(-c2ncc3nc(C)n(CCOc4ccc(Cl)cc4-c4ccc(C)c5c(C(=O)O)csc45)c(=O)c3c2C#N)ccn1. The molecular weight excluding hydrogens is 598 g/mol. The maximum atomic E-state index is 13.8. The summed E-state index contributed by atoms with van der Waals surface area (Å²) in [4.78, 5) is 38.9. The summed E-state index contributed by atoms with van der Waals surface area (Å²) in [6, 6.07) is 14.8. The first-order valence-corrected chi connectivity index (χ1v) is 14.8. The van der Waals surface area contributed by atoms with Gasteiger partial charge in [0.25, 0.3) is 5.56 Å². The van der Waals surface area contributed by atoms with E-state index in [9.17, 15) is 20.0 Å². The lowest BCUT2D eigenvalue weighted by Gasteiger charge is -2.16. The van der Waals surface area contributed by atoms with Crippen LogP contribution in [0.25, 0.3) is 43.4 Å². The minimum Gasteiger partial charge on any atom is -0.491 e. The van der Waals surface area contributed by atoms with E-state index in [0.717, 1.165) is 21.5 Å². The Hall–Kier alpha value is -5.11. The first kappa shape index (κ1) is 29.0. The first-order chi connectivity index (χ1) is 21.2. The number of nitriles is 1. The van der Waals surface area contributed by atoms with Crippen molar-refractivity contribution in [3.8, 4) is 34.2 Å². The number of aromatic carboxylic acids is 1. The monoisotopic (exact) mass is 621 g/mol. The number of carboxylic acids is 1. The molecule has 2 aromatic carbocycles. The summed E-state index contributed by atoms with van der Waals surface area (Å²) in [5.74, 6) is 0.00408. The van der Waals surface area contributed by atoms with Gasteiger partial charge in [-0.2, -0.15) is 5.26 Å². The van der Waals surface area contributed by atoms with Crippen LogP contribution in [0.3, 0.4) is 0 Å². The van der Waals surface area contributed by atoms with Crippen molar-refractivity contribution in [3.05, 3.63) is 104 Å². The summed E-state index contributed by atoms with van der Waals surface area (Å²) >= 11 is 7.74. The number of hydrogen-bond donors (Lipinski definition) is 1. The van der Waals surface area contributed by atoms with Gasteiger partial charge in [-0.3, -0.25) is 19.3 Å². The molecule has 0 aliphatic rings. The van der Waals surface area contributed by atoms with Crippen LogP contribution in [-0.2, 0) is 6.54 Å². The molecule has 4 aromatic heterocycles. The summed E-state index contributed by atoms with van der Waals surface area (Å²) in [5.41, 5.74) is 4.59. The number of nitrogens with zero attached hydrogens (tertiary/aromatic N) is 5. The number of carbonyl (C=O) groups is 1. The molecule has 6 aromatic rings. The lowest BCUT2D eigenvalue weighted by atomic mass is 9.98. The highest BCUT2D eigenvalue weighted by molar-refractivity contribution is 7.18. The molecular formula is C33H24ClN5O4S. The van der Waals surface area contributed by atoms with Crippen LogP contribution < -0.4 is 10.3 Å². The van der Waals surface area contributed by atoms with Gasteiger partial charge >= 0.3 is 5.97 Å². The predicted molar refractivity (Wildman–Crippen MR) is 171 cm³/mol. The highest BCUT2D eigenvalue weighted by Gasteiger charge is 2.20. The zero-order valence-corrected chi connectivity index (χ0v) is 25.5. The Balaban J connectivity index is 1.36. The largest absolute Gasteiger partial charge is 0.491 e. The van der Waals surface area contributed by atoms with E-state index in [2.05, 4.69) is 21.0 Å². The van der Waals surface area contributed by atoms with Gasteiger partial charge in [-0.25, -0.2) is 9.78 Å². The summed E-state index contributed by atoms with van der Waals surface area (Å²) in [5, 5.41) is 22.8. The van der Waals surface area contributed by atoms with Crippen LogP contribution in [0.2, 0.25) is 5.02 Å². The van der Waals surface area contributed by atoms with Gasteiger partial charge in [0.05, 0.1) is 40.5 Å². The molecule has 9 nitrogen and oxygen atoms in total. The number of ether oxygens (including phenoxy) is 1. The number of rotatable bonds is 7. The molecule has 4 heterocycles. The third-order valence-corrected chi connectivity index (χ3v) is 8.69. The van der Waals surface area contributed by atoms with Gasteiger partial charge in [0.2, 0.25) is 0 Å². The van der Waals surface area contributed by atoms with Gasteiger partial charge in [-0.05, 0) is 56.7 Å². The number of thiophene rings is 1. The highest BCUT2D eigenvalue weighted by Crippen LogP contribution is 2.41. The van der Waals surface area contributed by atoms with E-state index in [1.54, 1.807) is 42.8 Å². The number of benzene rings is 2. The van der Waals surface area contributed by atoms with E-state index < -0.39 is 5.97 Å². The molecule has 0 saturated carbocycles. The minimum atomic E-state index is -0.984. The lowest BCUT2D eigenvalue weighted by Crippen LogP contribution is -2.27. The normalized spacial score (nSPS) is 11.2. The van der Waals surface area contributed by atoms with Crippen molar-refractivity contribution >= 4 is 49.9 Å². The molecule has 0 bridgehead atoms. The van der Waals surface area contributed by atoms with E-state index >= 15 is 0 Å². The van der Waals surface area contributed by atoms with Gasteiger partial charge < -0.3 is 9.84 Å². The smallest absolute Gasteiger partial charge is 0.337 e. The molecule has 0 aliphatic heterocycles. The zero-order valence-electron chi connectivity index (χ0n) is 23.9. The summed E-state index contributed by atoms with van der Waals surface area (Å²) in [7, 11) is 0. The van der Waals surface area contributed by atoms with E-state index in [1.807, 2.05) is 32.0 Å². The molecule has 44 heavy (non-hydrogen) atoms. The van der Waals surface area contributed by atoms with Crippen LogP contribution in [0.15, 0.2) is 65.0 Å². The second kappa shape index (κ2) is 11.5. The second-order valence-electron chi connectivity index (χ2n) is 10.2. The zero-order chi connectivity index (χ0) is 31.1. The maximum Gasteiger partial charge on any atom is 0.337 e. The van der Waals surface area contributed by atoms with Gasteiger partial charge in [-0.15, -0.1) is 11.3 Å². The van der Waals surface area contributed by atoms with E-state index in [0.29, 0.717) is 44.3 Å². The average molecular weight is 622 g/mol. The van der Waals surface area contributed by atoms with Crippen molar-refractivity contribution < 1.29 is 14.6 Å². The van der Waals surface area contributed by atoms with Gasteiger partial charge in [-0.1, -0.05) is 23.7 Å². The van der Waals surface area contributed by atoms with Gasteiger partial charge in [0.15, 0.2) is 0 Å². The minimum absolute atomic E-state index is 0.117. The third-order valence-electron chi connectivity index (χ3n) is 7.44. The second-order valence-corrected chi connectivity index (χ2v) is 11.5. The number of halogens is 1. The summed E-state index contributed by atoms with van der Waals surface area (Å²) in [6.07, 6.45) is 3.15. The Morgan fingerprint density at radius 2 is 1.91 bits per heavy atom. The molecule has 0 unspecified atom stereocenters. The molecule has 0 amide bonds. The average Bonchev–Trinajstić information content (AvgIpc) is 3.46. The van der Waals surface area contributed by atoms with E-state index in [4.69, 9.17) is 16.3 Å². The fraction of sp³-hybridized carbons (Fsp3) is 0.152. The Morgan fingerprint density at radius 1 is 1.09 bits per heavy atom. The summed E-state index contributed by atoms with van der Waals surface area (Å²) in [6.45, 7) is 5.73. The maximum absolute atomic E-state index is 13.8. The van der Waals surface area contributed by atoms with E-state index in [-0.39, 0.29) is 35.2 Å². The molecule has 0 fully saturated rings. The van der Waals surface area contributed by atoms with Crippen LogP contribution in [0.5, 0.6) is 5.75 Å². The van der Waals surface area contributed by atoms with Crippen LogP contribution in [-0.4, -0.2) is 37.2 Å². The molecule has 6 rings (SSSR count). The molecule has 0 spiro atoms. The molecule has 0 aliphatic carbocycles. The Kier molecular flexibility index (Phi) is 7.59. The molecule has 0 saturated heterocycles. The Morgan fingerprint density at radius 3 is 2.66 bits per heavy atom. The standard InChI is InChI=1S/C33H24ClN5O4S/c1-17-4-6-22(31-28(17)25(16-44-31)33(41)42)23-13-21(34)5-7-27(23)43-11-10-39-19(3)38-26-15-37-30(20-8-9-36-18(2)12-20)24(14-35)29(26)32(39)40/h4-9,12-13,15-16H,10-11H2,1-3H3,(H,41,42). The number of pyridine rings is 2. The Bertz CT molecular complexity index is 2240. The fourth-order valence-corrected chi connectivity index (χ4v) is 6.69. The highest BCUT2D eigenvalue weighted by atomic mass is 35.5. The van der Waals surface area contributed by atoms with Gasteiger partial charge in [0, 0.05) is 49.1 Å². The van der Waals surface area contributed by atoms with Crippen LogP contribution in [0.4, 0.5) is 0 Å². The van der Waals surface area contributed by atoms with Crippen LogP contribution >= 0.6 is 22.9 Å². The van der Waals surface area contributed by atoms with Gasteiger partial charge in [0.1, 0.15) is 24.3 Å². The molecule has 0 atom stereocenters. The first-order valence-electron chi connectivity index (χ1n) is 13.6. The van der Waals surface area contributed by atoms with Crippen molar-refractivity contribution in [2.45, 2.75) is 27.3 Å². The van der Waals surface area contributed by atoms with Crippen LogP contribution in [0.1, 0.15) is 33.0 Å². The third kappa shape index (κ3) is 5.06. The Labute approximate surface area is 260 Å². The summed E-state index contributed by atoms with van der Waals surface area (Å²) < 4.78 is 8.53. The number of fused-ring (bicyclic) bond motifs is 2.